The zero-order chi connectivity index (χ0) is 19.4. The van der Waals surface area contributed by atoms with Crippen LogP contribution in [0.15, 0.2) is 41.4 Å². The zero-order valence-electron chi connectivity index (χ0n) is 17.9. The van der Waals surface area contributed by atoms with Crippen LogP contribution >= 0.6 is 24.0 Å². The molecule has 2 saturated heterocycles. The summed E-state index contributed by atoms with van der Waals surface area (Å²) in [5, 5.41) is 3.57. The average Bonchev–Trinajstić information content (AvgIpc) is 3.26. The Labute approximate surface area is 194 Å². The van der Waals surface area contributed by atoms with E-state index < -0.39 is 0 Å². The SMILES string of the molecule is CN=C(NCCCCN1CCCC1)N1CCN(C/C=C/c2ccccc2)CC1.I. The molecule has 0 spiro atoms. The monoisotopic (exact) mass is 511 g/mol. The lowest BCUT2D eigenvalue weighted by molar-refractivity contribution is 0.194. The molecule has 2 aliphatic heterocycles. The number of aliphatic imine (C=N–C) groups is 1. The predicted molar refractivity (Wildman–Crippen MR) is 135 cm³/mol. The second-order valence-corrected chi connectivity index (χ2v) is 7.83. The molecule has 0 amide bonds. The molecule has 29 heavy (non-hydrogen) atoms. The number of guanidine groups is 1. The van der Waals surface area contributed by atoms with Crippen LogP contribution in [0, 0.1) is 0 Å². The number of piperazine rings is 1. The van der Waals surface area contributed by atoms with Gasteiger partial charge in [-0.1, -0.05) is 42.5 Å². The van der Waals surface area contributed by atoms with Gasteiger partial charge in [-0.05, 0) is 50.9 Å². The van der Waals surface area contributed by atoms with Crippen molar-refractivity contribution < 1.29 is 0 Å². The van der Waals surface area contributed by atoms with E-state index >= 15 is 0 Å². The van der Waals surface area contributed by atoms with E-state index in [1.165, 1.54) is 50.9 Å². The van der Waals surface area contributed by atoms with Crippen LogP contribution < -0.4 is 5.32 Å². The fourth-order valence-electron chi connectivity index (χ4n) is 4.04. The van der Waals surface area contributed by atoms with Crippen molar-refractivity contribution in [2.45, 2.75) is 25.7 Å². The van der Waals surface area contributed by atoms with Gasteiger partial charge in [-0.15, -0.1) is 24.0 Å². The van der Waals surface area contributed by atoms with Gasteiger partial charge in [0.1, 0.15) is 0 Å². The summed E-state index contributed by atoms with van der Waals surface area (Å²) in [6.07, 6.45) is 9.77. The summed E-state index contributed by atoms with van der Waals surface area (Å²) in [7, 11) is 1.90. The van der Waals surface area contributed by atoms with Crippen LogP contribution in [0.1, 0.15) is 31.2 Å². The van der Waals surface area contributed by atoms with Crippen LogP contribution in [-0.2, 0) is 0 Å². The molecule has 2 aliphatic rings. The van der Waals surface area contributed by atoms with Crippen LogP contribution in [0.2, 0.25) is 0 Å². The van der Waals surface area contributed by atoms with E-state index in [-0.39, 0.29) is 24.0 Å². The van der Waals surface area contributed by atoms with Crippen molar-refractivity contribution in [3.63, 3.8) is 0 Å². The van der Waals surface area contributed by atoms with E-state index in [2.05, 4.69) is 67.5 Å². The van der Waals surface area contributed by atoms with Gasteiger partial charge in [0.25, 0.3) is 0 Å². The lowest BCUT2D eigenvalue weighted by atomic mass is 10.2. The van der Waals surface area contributed by atoms with Crippen molar-refractivity contribution in [3.05, 3.63) is 42.0 Å². The number of nitrogens with one attached hydrogen (secondary N) is 1. The normalized spacial score (nSPS) is 18.9. The highest BCUT2D eigenvalue weighted by molar-refractivity contribution is 14.0. The van der Waals surface area contributed by atoms with Crippen LogP contribution in [0.25, 0.3) is 6.08 Å². The smallest absolute Gasteiger partial charge is 0.193 e. The third kappa shape index (κ3) is 8.64. The molecule has 1 N–H and O–H groups in total. The van der Waals surface area contributed by atoms with Crippen LogP contribution in [0.3, 0.4) is 0 Å². The van der Waals surface area contributed by atoms with E-state index in [4.69, 9.17) is 0 Å². The van der Waals surface area contributed by atoms with Gasteiger partial charge in [0.05, 0.1) is 0 Å². The molecule has 1 aromatic rings. The summed E-state index contributed by atoms with van der Waals surface area (Å²) in [4.78, 5) is 12.0. The maximum atomic E-state index is 4.50. The van der Waals surface area contributed by atoms with Crippen molar-refractivity contribution in [2.24, 2.45) is 4.99 Å². The summed E-state index contributed by atoms with van der Waals surface area (Å²) in [6, 6.07) is 10.5. The molecule has 0 unspecified atom stereocenters. The van der Waals surface area contributed by atoms with Gasteiger partial charge in [-0.2, -0.15) is 0 Å². The van der Waals surface area contributed by atoms with Crippen molar-refractivity contribution in [3.8, 4) is 0 Å². The van der Waals surface area contributed by atoms with Gasteiger partial charge in [0.15, 0.2) is 5.96 Å². The molecular weight excluding hydrogens is 473 g/mol. The first-order chi connectivity index (χ1) is 13.8. The Kier molecular flexibility index (Phi) is 11.6. The van der Waals surface area contributed by atoms with Gasteiger partial charge < -0.3 is 15.1 Å². The third-order valence-electron chi connectivity index (χ3n) is 5.74. The minimum Gasteiger partial charge on any atom is -0.356 e. The molecular formula is C23H38IN5. The highest BCUT2D eigenvalue weighted by Crippen LogP contribution is 2.08. The number of unbranched alkanes of at least 4 members (excludes halogenated alkanes) is 1. The lowest BCUT2D eigenvalue weighted by Gasteiger charge is -2.36. The Hall–Kier alpha value is -1.12. The molecule has 6 heteroatoms. The van der Waals surface area contributed by atoms with Gasteiger partial charge in [-0.25, -0.2) is 0 Å². The van der Waals surface area contributed by atoms with Crippen molar-refractivity contribution in [1.29, 1.82) is 0 Å². The zero-order valence-corrected chi connectivity index (χ0v) is 20.3. The van der Waals surface area contributed by atoms with E-state index in [1.807, 2.05) is 7.05 Å². The van der Waals surface area contributed by atoms with E-state index in [1.54, 1.807) is 0 Å². The fraction of sp³-hybridized carbons (Fsp3) is 0.609. The molecule has 3 rings (SSSR count). The number of halogens is 1. The third-order valence-corrected chi connectivity index (χ3v) is 5.74. The predicted octanol–water partition coefficient (Wildman–Crippen LogP) is 3.39. The lowest BCUT2D eigenvalue weighted by Crippen LogP contribution is -2.52. The summed E-state index contributed by atoms with van der Waals surface area (Å²) in [5.41, 5.74) is 1.27. The maximum Gasteiger partial charge on any atom is 0.193 e. The number of rotatable bonds is 8. The minimum absolute atomic E-state index is 0. The van der Waals surface area contributed by atoms with Gasteiger partial charge in [0, 0.05) is 46.3 Å². The topological polar surface area (TPSA) is 34.1 Å². The number of likely N-dealkylation sites (tertiary alicyclic amines) is 1. The molecule has 5 nitrogen and oxygen atoms in total. The average molecular weight is 511 g/mol. The molecule has 2 heterocycles. The first-order valence-corrected chi connectivity index (χ1v) is 11.0. The Morgan fingerprint density at radius 2 is 1.69 bits per heavy atom. The fourth-order valence-corrected chi connectivity index (χ4v) is 4.04. The largest absolute Gasteiger partial charge is 0.356 e. The second-order valence-electron chi connectivity index (χ2n) is 7.83. The second kappa shape index (κ2) is 14.0. The standard InChI is InChI=1S/C23H37N5.HI/c1-24-23(25-13-5-6-14-26-15-7-8-16-26)28-20-18-27(19-21-28)17-9-12-22-10-3-2-4-11-22;/h2-4,9-12H,5-8,13-21H2,1H3,(H,24,25);1H/b12-9+;. The number of nitrogens with zero attached hydrogens (tertiary/aromatic N) is 4. The number of hydrogen-bond acceptors (Lipinski definition) is 3. The molecule has 162 valence electrons. The number of hydrogen-bond donors (Lipinski definition) is 1. The van der Waals surface area contributed by atoms with Gasteiger partial charge in [-0.3, -0.25) is 9.89 Å². The summed E-state index contributed by atoms with van der Waals surface area (Å²) in [5.74, 6) is 1.07. The Balaban J connectivity index is 0.00000300. The molecule has 0 aromatic heterocycles. The molecule has 1 aromatic carbocycles. The summed E-state index contributed by atoms with van der Waals surface area (Å²) >= 11 is 0. The van der Waals surface area contributed by atoms with E-state index in [0.29, 0.717) is 0 Å². The first kappa shape index (κ1) is 24.2. The Morgan fingerprint density at radius 3 is 2.38 bits per heavy atom. The minimum atomic E-state index is 0. The Morgan fingerprint density at radius 1 is 0.966 bits per heavy atom. The molecule has 0 radical (unpaired) electrons. The first-order valence-electron chi connectivity index (χ1n) is 11.0. The quantitative estimate of drug-likeness (QED) is 0.251. The van der Waals surface area contributed by atoms with Crippen molar-refractivity contribution in [1.82, 2.24) is 20.0 Å². The molecule has 0 aliphatic carbocycles. The highest BCUT2D eigenvalue weighted by Gasteiger charge is 2.18. The summed E-state index contributed by atoms with van der Waals surface area (Å²) < 4.78 is 0. The van der Waals surface area contributed by atoms with Crippen LogP contribution in [0.5, 0.6) is 0 Å². The van der Waals surface area contributed by atoms with Crippen LogP contribution in [-0.4, -0.2) is 86.6 Å². The molecule has 0 saturated carbocycles. The Bertz CT molecular complexity index is 605. The van der Waals surface area contributed by atoms with E-state index in [9.17, 15) is 0 Å². The molecule has 2 fully saturated rings. The maximum absolute atomic E-state index is 4.50. The van der Waals surface area contributed by atoms with Crippen LogP contribution in [0.4, 0.5) is 0 Å². The van der Waals surface area contributed by atoms with E-state index in [0.717, 1.165) is 45.2 Å². The molecule has 0 atom stereocenters. The van der Waals surface area contributed by atoms with Gasteiger partial charge in [0.2, 0.25) is 0 Å². The van der Waals surface area contributed by atoms with Crippen molar-refractivity contribution >= 4 is 36.0 Å². The van der Waals surface area contributed by atoms with Crippen molar-refractivity contribution in [2.75, 3.05) is 66.0 Å². The highest BCUT2D eigenvalue weighted by atomic mass is 127. The summed E-state index contributed by atoms with van der Waals surface area (Å²) in [6.45, 7) is 10.2. The molecule has 0 bridgehead atoms. The van der Waals surface area contributed by atoms with Gasteiger partial charge >= 0.3 is 0 Å². The number of benzene rings is 1.